The Bertz CT molecular complexity index is 1710. The molecule has 3 unspecified atom stereocenters. The third-order valence-corrected chi connectivity index (χ3v) is 19.8. The van der Waals surface area contributed by atoms with Gasteiger partial charge in [-0.25, -0.2) is 0 Å². The number of piperazine rings is 1. The number of β-amino-alcohol motifs (C(OH)–C–C–N with tert-alkyl or cyclic N) is 1. The number of amides is 6. The third kappa shape index (κ3) is 56.2. The van der Waals surface area contributed by atoms with Crippen LogP contribution < -0.4 is 26.6 Å². The molecule has 1 aliphatic heterocycles. The van der Waals surface area contributed by atoms with E-state index >= 15 is 0 Å². The monoisotopic (exact) mass is 1340 g/mol. The van der Waals surface area contributed by atoms with Crippen molar-refractivity contribution in [1.82, 2.24) is 41.3 Å². The van der Waals surface area contributed by atoms with Crippen molar-refractivity contribution < 1.29 is 33.9 Å². The Morgan fingerprint density at radius 3 is 0.916 bits per heavy atom. The number of carbonyl (C=O) groups is 6. The van der Waals surface area contributed by atoms with Gasteiger partial charge in [0.1, 0.15) is 12.1 Å². The van der Waals surface area contributed by atoms with Crippen molar-refractivity contribution in [2.24, 2.45) is 0 Å². The third-order valence-electron chi connectivity index (χ3n) is 19.8. The summed E-state index contributed by atoms with van der Waals surface area (Å²) in [5.41, 5.74) is 0. The first kappa shape index (κ1) is 89.7. The van der Waals surface area contributed by atoms with Gasteiger partial charge in [-0.1, -0.05) is 291 Å². The molecule has 1 heterocycles. The lowest BCUT2D eigenvalue weighted by Gasteiger charge is -2.40. The normalized spacial score (nSPS) is 14.5. The van der Waals surface area contributed by atoms with Crippen LogP contribution in [0.15, 0.2) is 0 Å². The van der Waals surface area contributed by atoms with E-state index in [2.05, 4.69) is 71.0 Å². The number of hydrogen-bond donors (Lipinski definition) is 6. The maximum absolute atomic E-state index is 14.6. The molecule has 558 valence electrons. The van der Waals surface area contributed by atoms with Gasteiger partial charge in [-0.05, 0) is 83.7 Å². The van der Waals surface area contributed by atoms with Gasteiger partial charge in [-0.3, -0.25) is 28.8 Å². The first-order chi connectivity index (χ1) is 46.5. The fraction of sp³-hybridized carbons (Fsp3) is 0.925. The first-order valence-electron chi connectivity index (χ1n) is 41.3. The Hall–Kier alpha value is -3.30. The molecule has 0 aromatic heterocycles. The highest BCUT2D eigenvalue weighted by molar-refractivity contribution is 5.97. The van der Waals surface area contributed by atoms with E-state index in [4.69, 9.17) is 0 Å². The second-order valence-corrected chi connectivity index (χ2v) is 28.9. The fourth-order valence-corrected chi connectivity index (χ4v) is 13.4. The van der Waals surface area contributed by atoms with Crippen LogP contribution in [-0.4, -0.2) is 145 Å². The molecule has 15 heteroatoms. The van der Waals surface area contributed by atoms with E-state index in [1.54, 1.807) is 4.90 Å². The van der Waals surface area contributed by atoms with Crippen molar-refractivity contribution in [2.45, 2.75) is 406 Å². The smallest absolute Gasteiger partial charge is 0.245 e. The molecule has 95 heavy (non-hydrogen) atoms. The van der Waals surface area contributed by atoms with Gasteiger partial charge in [0.05, 0.1) is 6.10 Å². The highest BCUT2D eigenvalue weighted by atomic mass is 16.3. The molecular weight excluding hydrogens is 1180 g/mol. The van der Waals surface area contributed by atoms with E-state index in [1.807, 2.05) is 0 Å². The summed E-state index contributed by atoms with van der Waals surface area (Å²) in [7, 11) is 0. The second kappa shape index (κ2) is 67.9. The Kier molecular flexibility index (Phi) is 64.1. The fourth-order valence-electron chi connectivity index (χ4n) is 13.4. The van der Waals surface area contributed by atoms with Crippen molar-refractivity contribution in [1.29, 1.82) is 0 Å². The number of nitrogens with zero attached hydrogens (tertiary/aromatic N) is 3. The van der Waals surface area contributed by atoms with Crippen LogP contribution in [0.25, 0.3) is 0 Å². The number of unbranched alkanes of at least 4 members (excludes halogenated alkanes) is 41. The zero-order valence-corrected chi connectivity index (χ0v) is 63.1. The molecule has 0 radical (unpaired) electrons. The molecule has 0 aromatic carbocycles. The lowest BCUT2D eigenvalue weighted by atomic mass is 9.97. The van der Waals surface area contributed by atoms with Gasteiger partial charge in [0.2, 0.25) is 35.4 Å². The highest BCUT2D eigenvalue weighted by Crippen LogP contribution is 2.22. The molecule has 0 spiro atoms. The zero-order valence-electron chi connectivity index (χ0n) is 63.1. The van der Waals surface area contributed by atoms with Gasteiger partial charge in [0.25, 0.3) is 0 Å². The van der Waals surface area contributed by atoms with Gasteiger partial charge >= 0.3 is 0 Å². The van der Waals surface area contributed by atoms with Crippen LogP contribution >= 0.6 is 0 Å². The standard InChI is InChI=1S/C80H156N8O7/c1-6-11-16-21-26-31-36-41-48-61-81-75(90)57-67-86(68-58-76(91)82-62-49-42-37-32-27-22-17-12-7-2)65-52-46-55-73-80(95)88(71-72(89)54-45-40-35-30-25-20-15-10-5)74(79(94)85-73)56-47-53-66-87(69-59-77(92)83-63-50-43-38-33-28-23-18-13-8-3)70-60-78(93)84-64-51-44-39-34-29-24-19-14-9-4/h72-74,89H,6-71H2,1-5H3,(H,81,90)(H,82,91)(H,83,92)(H,84,93)(H,85,94). The van der Waals surface area contributed by atoms with Gasteiger partial charge < -0.3 is 46.4 Å². The average molecular weight is 1340 g/mol. The van der Waals surface area contributed by atoms with E-state index in [0.717, 1.165) is 83.5 Å². The molecule has 0 bridgehead atoms. The summed E-state index contributed by atoms with van der Waals surface area (Å²) in [6.07, 6.45) is 58.6. The molecule has 6 amide bonds. The van der Waals surface area contributed by atoms with E-state index in [9.17, 15) is 33.9 Å². The molecule has 0 aromatic rings. The SMILES string of the molecule is CCCCCCCCCCCNC(=O)CCN(CCCCC1NC(=O)C(CCCCN(CCC(=O)NCCCCCCCCCCC)CCC(=O)NCCCCCCCCCCC)N(CC(O)CCCCCCCCCC)C1=O)CCC(=O)NCCCCCCCCCCC. The Morgan fingerprint density at radius 1 is 0.358 bits per heavy atom. The van der Waals surface area contributed by atoms with Crippen molar-refractivity contribution in [2.75, 3.05) is 72.0 Å². The molecule has 6 N–H and O–H groups in total. The van der Waals surface area contributed by atoms with E-state index in [-0.39, 0.29) is 42.0 Å². The Labute approximate surface area is 585 Å². The van der Waals surface area contributed by atoms with Gasteiger partial charge in [0, 0.05) is 84.6 Å². The topological polar surface area (TPSA) is 193 Å². The summed E-state index contributed by atoms with van der Waals surface area (Å²) >= 11 is 0. The minimum absolute atomic E-state index is 0.0351. The van der Waals surface area contributed by atoms with Gasteiger partial charge in [-0.2, -0.15) is 0 Å². The molecule has 1 aliphatic rings. The molecule has 3 atom stereocenters. The zero-order chi connectivity index (χ0) is 69.1. The molecule has 1 saturated heterocycles. The summed E-state index contributed by atoms with van der Waals surface area (Å²) in [5, 5.41) is 27.2. The summed E-state index contributed by atoms with van der Waals surface area (Å²) in [6.45, 7) is 17.6. The first-order valence-corrected chi connectivity index (χ1v) is 41.3. The van der Waals surface area contributed by atoms with E-state index in [1.165, 1.54) is 212 Å². The van der Waals surface area contributed by atoms with Crippen LogP contribution in [0.3, 0.4) is 0 Å². The predicted octanol–water partition coefficient (Wildman–Crippen LogP) is 17.7. The van der Waals surface area contributed by atoms with E-state index < -0.39 is 18.2 Å². The molecule has 0 aliphatic carbocycles. The van der Waals surface area contributed by atoms with Crippen molar-refractivity contribution in [3.8, 4) is 0 Å². The van der Waals surface area contributed by atoms with Crippen LogP contribution in [0.5, 0.6) is 0 Å². The molecule has 15 nitrogen and oxygen atoms in total. The van der Waals surface area contributed by atoms with Crippen LogP contribution in [0.4, 0.5) is 0 Å². The molecule has 1 rings (SSSR count). The van der Waals surface area contributed by atoms with Gasteiger partial charge in [-0.15, -0.1) is 0 Å². The lowest BCUT2D eigenvalue weighted by Crippen LogP contribution is -2.64. The second-order valence-electron chi connectivity index (χ2n) is 28.9. The quantitative estimate of drug-likeness (QED) is 0.0322. The van der Waals surface area contributed by atoms with Crippen LogP contribution in [0.2, 0.25) is 0 Å². The molecular formula is C80H156N8O7. The van der Waals surface area contributed by atoms with Crippen LogP contribution in [0, 0.1) is 0 Å². The summed E-state index contributed by atoms with van der Waals surface area (Å²) in [5.74, 6) is -0.177. The minimum atomic E-state index is -0.736. The molecule has 0 saturated carbocycles. The van der Waals surface area contributed by atoms with E-state index in [0.29, 0.717) is 123 Å². The largest absolute Gasteiger partial charge is 0.391 e. The number of aliphatic hydroxyl groups is 1. The Morgan fingerprint density at radius 2 is 0.621 bits per heavy atom. The Balaban J connectivity index is 3.04. The van der Waals surface area contributed by atoms with Crippen LogP contribution in [0.1, 0.15) is 388 Å². The predicted molar refractivity (Wildman–Crippen MR) is 401 cm³/mol. The number of hydrogen-bond acceptors (Lipinski definition) is 9. The lowest BCUT2D eigenvalue weighted by molar-refractivity contribution is -0.151. The highest BCUT2D eigenvalue weighted by Gasteiger charge is 2.40. The number of aliphatic hydroxyl groups excluding tert-OH is 1. The van der Waals surface area contributed by atoms with Gasteiger partial charge in [0.15, 0.2) is 0 Å². The summed E-state index contributed by atoms with van der Waals surface area (Å²) in [4.78, 5) is 87.6. The van der Waals surface area contributed by atoms with Crippen molar-refractivity contribution >= 4 is 35.4 Å². The average Bonchev–Trinajstić information content (AvgIpc) is 0.921. The van der Waals surface area contributed by atoms with Crippen LogP contribution in [-0.2, 0) is 28.8 Å². The minimum Gasteiger partial charge on any atom is -0.391 e. The summed E-state index contributed by atoms with van der Waals surface area (Å²) in [6, 6.07) is -1.40. The van der Waals surface area contributed by atoms with Crippen molar-refractivity contribution in [3.63, 3.8) is 0 Å². The number of rotatable bonds is 73. The molecule has 1 fully saturated rings. The number of nitrogens with one attached hydrogen (secondary N) is 5. The van der Waals surface area contributed by atoms with Crippen molar-refractivity contribution in [3.05, 3.63) is 0 Å². The maximum Gasteiger partial charge on any atom is 0.245 e. The summed E-state index contributed by atoms with van der Waals surface area (Å²) < 4.78 is 0. The number of carbonyl (C=O) groups excluding carboxylic acids is 6. The maximum atomic E-state index is 14.6.